The summed E-state index contributed by atoms with van der Waals surface area (Å²) in [7, 11) is 0. The highest BCUT2D eigenvalue weighted by Crippen LogP contribution is 2.31. The van der Waals surface area contributed by atoms with Crippen LogP contribution in [0.1, 0.15) is 41.5 Å². The van der Waals surface area contributed by atoms with Gasteiger partial charge in [-0.05, 0) is 48.9 Å². The van der Waals surface area contributed by atoms with Gasteiger partial charge in [0.2, 0.25) is 5.82 Å². The second-order valence-electron chi connectivity index (χ2n) is 8.15. The maximum absolute atomic E-state index is 14.6. The standard InChI is InChI=1S/C24H21F4N5O6/c1-2-18(37-15-6-3-12(4-7-15)21-31-23(33-39-21)24(26,27)28)19-30-22(38-32-19)13-5-8-16(17(25)9-13)20(36)29-14(10-34)11-35/h3-9,14,18,34-35H,2,10-11H2,1H3,(H,29,36). The molecule has 0 aliphatic carbocycles. The van der Waals surface area contributed by atoms with Gasteiger partial charge in [0, 0.05) is 11.1 Å². The molecule has 0 spiro atoms. The van der Waals surface area contributed by atoms with Crippen LogP contribution in [0.3, 0.4) is 0 Å². The number of amides is 1. The Morgan fingerprint density at radius 2 is 1.64 bits per heavy atom. The minimum Gasteiger partial charge on any atom is -0.482 e. The average molecular weight is 551 g/mol. The summed E-state index contributed by atoms with van der Waals surface area (Å²) in [4.78, 5) is 19.8. The van der Waals surface area contributed by atoms with Gasteiger partial charge < -0.3 is 29.3 Å². The van der Waals surface area contributed by atoms with Crippen LogP contribution in [0.15, 0.2) is 51.5 Å². The van der Waals surface area contributed by atoms with E-state index in [9.17, 15) is 22.4 Å². The molecule has 1 unspecified atom stereocenters. The molecule has 0 bridgehead atoms. The Labute approximate surface area is 217 Å². The molecule has 3 N–H and O–H groups in total. The molecular weight excluding hydrogens is 530 g/mol. The molecule has 0 saturated heterocycles. The molecule has 4 aromatic rings. The molecule has 2 aromatic carbocycles. The van der Waals surface area contributed by atoms with Crippen LogP contribution in [0.25, 0.3) is 22.9 Å². The lowest BCUT2D eigenvalue weighted by Crippen LogP contribution is -2.40. The molecule has 11 nitrogen and oxygen atoms in total. The van der Waals surface area contributed by atoms with Gasteiger partial charge >= 0.3 is 6.18 Å². The Balaban J connectivity index is 1.45. The number of carbonyl (C=O) groups is 1. The zero-order valence-corrected chi connectivity index (χ0v) is 20.1. The van der Waals surface area contributed by atoms with E-state index < -0.39 is 49.1 Å². The monoisotopic (exact) mass is 551 g/mol. The molecule has 0 radical (unpaired) electrons. The predicted octanol–water partition coefficient (Wildman–Crippen LogP) is 3.56. The number of halogens is 4. The first kappa shape index (κ1) is 27.7. The molecular formula is C24H21F4N5O6. The van der Waals surface area contributed by atoms with Crippen LogP contribution >= 0.6 is 0 Å². The summed E-state index contributed by atoms with van der Waals surface area (Å²) in [5.41, 5.74) is 0.141. The van der Waals surface area contributed by atoms with Gasteiger partial charge in [-0.25, -0.2) is 4.39 Å². The molecule has 15 heteroatoms. The molecule has 2 aromatic heterocycles. The molecule has 2 heterocycles. The summed E-state index contributed by atoms with van der Waals surface area (Å²) in [6, 6.07) is 8.57. The van der Waals surface area contributed by atoms with Crippen molar-refractivity contribution < 1.29 is 46.4 Å². The highest BCUT2D eigenvalue weighted by atomic mass is 19.4. The molecule has 0 aliphatic rings. The lowest BCUT2D eigenvalue weighted by Gasteiger charge is -2.14. The summed E-state index contributed by atoms with van der Waals surface area (Å²) >= 11 is 0. The van der Waals surface area contributed by atoms with Crippen LogP contribution in [0, 0.1) is 5.82 Å². The van der Waals surface area contributed by atoms with Crippen molar-refractivity contribution in [2.45, 2.75) is 31.7 Å². The first-order valence-corrected chi connectivity index (χ1v) is 11.5. The van der Waals surface area contributed by atoms with Crippen molar-refractivity contribution in [2.24, 2.45) is 0 Å². The number of nitrogens with one attached hydrogen (secondary N) is 1. The van der Waals surface area contributed by atoms with E-state index in [0.717, 1.165) is 6.07 Å². The number of alkyl halides is 3. The van der Waals surface area contributed by atoms with Crippen molar-refractivity contribution in [3.05, 3.63) is 65.5 Å². The van der Waals surface area contributed by atoms with Crippen molar-refractivity contribution in [1.29, 1.82) is 0 Å². The van der Waals surface area contributed by atoms with E-state index in [-0.39, 0.29) is 34.3 Å². The number of carbonyl (C=O) groups excluding carboxylic acids is 1. The maximum Gasteiger partial charge on any atom is 0.455 e. The number of aliphatic hydroxyl groups excluding tert-OH is 2. The molecule has 206 valence electrons. The molecule has 0 saturated carbocycles. The molecule has 1 atom stereocenters. The quantitative estimate of drug-likeness (QED) is 0.249. The average Bonchev–Trinajstić information content (AvgIpc) is 3.61. The first-order chi connectivity index (χ1) is 18.6. The summed E-state index contributed by atoms with van der Waals surface area (Å²) in [5, 5.41) is 27.3. The fraction of sp³-hybridized carbons (Fsp3) is 0.292. The molecule has 0 fully saturated rings. The number of rotatable bonds is 10. The smallest absolute Gasteiger partial charge is 0.455 e. The van der Waals surface area contributed by atoms with Crippen LogP contribution in [-0.4, -0.2) is 55.7 Å². The SMILES string of the molecule is CCC(Oc1ccc(-c2nc(C(F)(F)F)no2)cc1)c1noc(-c2ccc(C(=O)NC(CO)CO)c(F)c2)n1. The third-order valence-electron chi connectivity index (χ3n) is 5.40. The van der Waals surface area contributed by atoms with Crippen LogP contribution in [0.2, 0.25) is 0 Å². The molecule has 4 rings (SSSR count). The lowest BCUT2D eigenvalue weighted by atomic mass is 10.1. The Hall–Kier alpha value is -4.37. The lowest BCUT2D eigenvalue weighted by molar-refractivity contribution is -0.146. The van der Waals surface area contributed by atoms with E-state index in [1.807, 2.05) is 0 Å². The van der Waals surface area contributed by atoms with Crippen LogP contribution < -0.4 is 10.1 Å². The number of ether oxygens (including phenoxy) is 1. The Morgan fingerprint density at radius 3 is 2.23 bits per heavy atom. The van der Waals surface area contributed by atoms with Gasteiger partial charge in [0.1, 0.15) is 11.6 Å². The number of aliphatic hydroxyl groups is 2. The zero-order chi connectivity index (χ0) is 28.2. The van der Waals surface area contributed by atoms with Crippen LogP contribution in [-0.2, 0) is 6.18 Å². The first-order valence-electron chi connectivity index (χ1n) is 11.5. The number of hydrogen-bond acceptors (Lipinski definition) is 10. The van der Waals surface area contributed by atoms with Crippen molar-refractivity contribution >= 4 is 5.91 Å². The summed E-state index contributed by atoms with van der Waals surface area (Å²) < 4.78 is 68.5. The Bertz CT molecular complexity index is 1420. The van der Waals surface area contributed by atoms with Crippen molar-refractivity contribution in [3.63, 3.8) is 0 Å². The van der Waals surface area contributed by atoms with E-state index in [0.29, 0.717) is 12.2 Å². The van der Waals surface area contributed by atoms with Crippen molar-refractivity contribution in [3.8, 4) is 28.7 Å². The van der Waals surface area contributed by atoms with Crippen molar-refractivity contribution in [1.82, 2.24) is 25.6 Å². The fourth-order valence-electron chi connectivity index (χ4n) is 3.34. The third-order valence-corrected chi connectivity index (χ3v) is 5.40. The highest BCUT2D eigenvalue weighted by Gasteiger charge is 2.37. The highest BCUT2D eigenvalue weighted by molar-refractivity contribution is 5.95. The molecule has 1 amide bonds. The number of nitrogens with zero attached hydrogens (tertiary/aromatic N) is 4. The normalized spacial score (nSPS) is 12.5. The van der Waals surface area contributed by atoms with E-state index >= 15 is 0 Å². The number of hydrogen-bond donors (Lipinski definition) is 3. The number of benzene rings is 2. The minimum atomic E-state index is -4.73. The summed E-state index contributed by atoms with van der Waals surface area (Å²) in [5.74, 6) is -2.92. The predicted molar refractivity (Wildman–Crippen MR) is 124 cm³/mol. The number of aromatic nitrogens is 4. The second kappa shape index (κ2) is 11.6. The molecule has 0 aliphatic heterocycles. The van der Waals surface area contributed by atoms with Gasteiger partial charge in [-0.2, -0.15) is 23.1 Å². The fourth-order valence-corrected chi connectivity index (χ4v) is 3.34. The largest absolute Gasteiger partial charge is 0.482 e. The van der Waals surface area contributed by atoms with E-state index in [1.54, 1.807) is 6.92 Å². The van der Waals surface area contributed by atoms with Gasteiger partial charge in [-0.1, -0.05) is 17.2 Å². The van der Waals surface area contributed by atoms with Gasteiger partial charge in [-0.3, -0.25) is 4.79 Å². The van der Waals surface area contributed by atoms with Crippen molar-refractivity contribution in [2.75, 3.05) is 13.2 Å². The minimum absolute atomic E-state index is 0.0336. The van der Waals surface area contributed by atoms with E-state index in [2.05, 4.69) is 30.1 Å². The van der Waals surface area contributed by atoms with Crippen LogP contribution in [0.4, 0.5) is 17.6 Å². The summed E-state index contributed by atoms with van der Waals surface area (Å²) in [6.45, 7) is 0.767. The van der Waals surface area contributed by atoms with Gasteiger partial charge in [0.05, 0.1) is 24.8 Å². The van der Waals surface area contributed by atoms with E-state index in [4.69, 9.17) is 19.5 Å². The molecule has 39 heavy (non-hydrogen) atoms. The van der Waals surface area contributed by atoms with Crippen LogP contribution in [0.5, 0.6) is 5.75 Å². The van der Waals surface area contributed by atoms with E-state index in [1.165, 1.54) is 36.4 Å². The Kier molecular flexibility index (Phi) is 8.21. The zero-order valence-electron chi connectivity index (χ0n) is 20.1. The van der Waals surface area contributed by atoms with Gasteiger partial charge in [0.15, 0.2) is 6.10 Å². The van der Waals surface area contributed by atoms with Gasteiger partial charge in [-0.15, -0.1) is 0 Å². The topological polar surface area (TPSA) is 157 Å². The third kappa shape index (κ3) is 6.38. The Morgan fingerprint density at radius 1 is 1.00 bits per heavy atom. The van der Waals surface area contributed by atoms with Gasteiger partial charge in [0.25, 0.3) is 23.5 Å². The maximum atomic E-state index is 14.6. The summed E-state index contributed by atoms with van der Waals surface area (Å²) in [6.07, 6.45) is -5.00. The second-order valence-corrected chi connectivity index (χ2v) is 8.15.